The van der Waals surface area contributed by atoms with Crippen LogP contribution in [-0.2, 0) is 11.2 Å². The summed E-state index contributed by atoms with van der Waals surface area (Å²) in [5.74, 6) is -2.94. The molecule has 3 aromatic carbocycles. The third kappa shape index (κ3) is 5.74. The highest BCUT2D eigenvalue weighted by molar-refractivity contribution is 9.10. The summed E-state index contributed by atoms with van der Waals surface area (Å²) >= 11 is 15.9. The van der Waals surface area contributed by atoms with Gasteiger partial charge < -0.3 is 9.88 Å². The lowest BCUT2D eigenvalue weighted by molar-refractivity contribution is -0.133. The Bertz CT molecular complexity index is 1440. The van der Waals surface area contributed by atoms with E-state index in [2.05, 4.69) is 25.9 Å². The number of aromatic nitrogens is 2. The van der Waals surface area contributed by atoms with Crippen LogP contribution in [0.1, 0.15) is 30.3 Å². The van der Waals surface area contributed by atoms with Gasteiger partial charge in [-0.3, -0.25) is 4.79 Å². The van der Waals surface area contributed by atoms with E-state index >= 15 is 0 Å². The second-order valence-corrected chi connectivity index (χ2v) is 10.8. The van der Waals surface area contributed by atoms with E-state index in [1.54, 1.807) is 12.3 Å². The zero-order valence-corrected chi connectivity index (χ0v) is 22.6. The van der Waals surface area contributed by atoms with Gasteiger partial charge >= 0.3 is 0 Å². The highest BCUT2D eigenvalue weighted by Gasteiger charge is 2.48. The standard InChI is InChI=1S/C28H22BrCl2F2N3O/c29-20-4-1-3-19(13-20)23-15-34-27(35-23)24-14-28(32,33)16-36(24)25(37)12-9-17-7-10-18(11-8-17)21-5-2-6-22(30)26(21)31/h1-8,10-11,13,15,24H,9,12,14,16H2,(H,34,35)/t24-/m0/s1. The van der Waals surface area contributed by atoms with Gasteiger partial charge in [-0.25, -0.2) is 13.8 Å². The summed E-state index contributed by atoms with van der Waals surface area (Å²) in [5, 5.41) is 0.959. The fourth-order valence-electron chi connectivity index (χ4n) is 4.60. The van der Waals surface area contributed by atoms with E-state index in [-0.39, 0.29) is 12.3 Å². The number of amides is 1. The van der Waals surface area contributed by atoms with Crippen LogP contribution >= 0.6 is 39.1 Å². The van der Waals surface area contributed by atoms with Crippen LogP contribution < -0.4 is 0 Å². The smallest absolute Gasteiger partial charge is 0.267 e. The van der Waals surface area contributed by atoms with Crippen LogP contribution in [-0.4, -0.2) is 33.2 Å². The van der Waals surface area contributed by atoms with Crippen molar-refractivity contribution in [1.29, 1.82) is 0 Å². The molecule has 1 amide bonds. The molecule has 9 heteroatoms. The van der Waals surface area contributed by atoms with Crippen molar-refractivity contribution in [2.24, 2.45) is 0 Å². The normalized spacial score (nSPS) is 16.8. The number of hydrogen-bond acceptors (Lipinski definition) is 2. The van der Waals surface area contributed by atoms with Gasteiger partial charge in [-0.15, -0.1) is 0 Å². The highest BCUT2D eigenvalue weighted by atomic mass is 79.9. The topological polar surface area (TPSA) is 49.0 Å². The highest BCUT2D eigenvalue weighted by Crippen LogP contribution is 2.41. The van der Waals surface area contributed by atoms with E-state index in [0.29, 0.717) is 28.0 Å². The Hall–Kier alpha value is -2.74. The van der Waals surface area contributed by atoms with E-state index in [1.807, 2.05) is 60.7 Å². The molecule has 1 fully saturated rings. The molecular formula is C28H22BrCl2F2N3O. The summed E-state index contributed by atoms with van der Waals surface area (Å²) in [6.07, 6.45) is 1.70. The maximum atomic E-state index is 14.4. The number of H-pyrrole nitrogens is 1. The summed E-state index contributed by atoms with van der Waals surface area (Å²) in [7, 11) is 0. The summed E-state index contributed by atoms with van der Waals surface area (Å²) in [6, 6.07) is 19.9. The second-order valence-electron chi connectivity index (χ2n) is 9.09. The number of nitrogens with zero attached hydrogens (tertiary/aromatic N) is 2. The zero-order chi connectivity index (χ0) is 26.2. The Kier molecular flexibility index (Phi) is 7.39. The predicted octanol–water partition coefficient (Wildman–Crippen LogP) is 8.35. The molecule has 1 aliphatic rings. The van der Waals surface area contributed by atoms with Crippen molar-refractivity contribution in [2.45, 2.75) is 31.2 Å². The molecule has 1 N–H and O–H groups in total. The lowest BCUT2D eigenvalue weighted by Gasteiger charge is -2.22. The number of carbonyl (C=O) groups excluding carboxylic acids is 1. The van der Waals surface area contributed by atoms with Crippen LogP contribution in [0.2, 0.25) is 10.0 Å². The molecule has 37 heavy (non-hydrogen) atoms. The average molecular weight is 605 g/mol. The van der Waals surface area contributed by atoms with Gasteiger partial charge in [-0.2, -0.15) is 0 Å². The molecule has 0 aliphatic carbocycles. The van der Waals surface area contributed by atoms with Crippen molar-refractivity contribution in [3.05, 3.63) is 98.8 Å². The fourth-order valence-corrected chi connectivity index (χ4v) is 5.41. The average Bonchev–Trinajstić information content (AvgIpc) is 3.49. The van der Waals surface area contributed by atoms with Gasteiger partial charge in [0.25, 0.3) is 5.92 Å². The monoisotopic (exact) mass is 603 g/mol. The summed E-state index contributed by atoms with van der Waals surface area (Å²) < 4.78 is 29.8. The molecule has 1 saturated heterocycles. The SMILES string of the molecule is O=C(CCc1ccc(-c2cccc(Cl)c2Cl)cc1)N1CC(F)(F)C[C@H]1c1ncc(-c2cccc(Br)c2)[nH]1. The van der Waals surface area contributed by atoms with E-state index in [0.717, 1.165) is 26.7 Å². The number of likely N-dealkylation sites (tertiary alicyclic amines) is 1. The first-order valence-electron chi connectivity index (χ1n) is 11.7. The molecule has 0 spiro atoms. The first-order valence-corrected chi connectivity index (χ1v) is 13.3. The van der Waals surface area contributed by atoms with Gasteiger partial charge in [0.2, 0.25) is 5.91 Å². The molecule has 5 rings (SSSR count). The van der Waals surface area contributed by atoms with Crippen molar-refractivity contribution in [3.63, 3.8) is 0 Å². The van der Waals surface area contributed by atoms with Gasteiger partial charge in [-0.1, -0.05) is 87.7 Å². The number of aromatic amines is 1. The van der Waals surface area contributed by atoms with Gasteiger partial charge in [0.1, 0.15) is 5.82 Å². The van der Waals surface area contributed by atoms with E-state index in [1.165, 1.54) is 4.90 Å². The van der Waals surface area contributed by atoms with Crippen molar-refractivity contribution in [1.82, 2.24) is 14.9 Å². The second kappa shape index (κ2) is 10.6. The van der Waals surface area contributed by atoms with Crippen molar-refractivity contribution < 1.29 is 13.6 Å². The largest absolute Gasteiger partial charge is 0.340 e. The quantitative estimate of drug-likeness (QED) is 0.240. The molecule has 0 unspecified atom stereocenters. The fraction of sp³-hybridized carbons (Fsp3) is 0.214. The predicted molar refractivity (Wildman–Crippen MR) is 146 cm³/mol. The molecule has 1 aliphatic heterocycles. The first kappa shape index (κ1) is 25.9. The molecule has 0 radical (unpaired) electrons. The van der Waals surface area contributed by atoms with Gasteiger partial charge in [0.05, 0.1) is 34.5 Å². The minimum absolute atomic E-state index is 0.114. The number of benzene rings is 3. The Morgan fingerprint density at radius 3 is 2.59 bits per heavy atom. The lowest BCUT2D eigenvalue weighted by atomic mass is 10.0. The zero-order valence-electron chi connectivity index (χ0n) is 19.5. The Morgan fingerprint density at radius 2 is 1.84 bits per heavy atom. The number of nitrogens with one attached hydrogen (secondary N) is 1. The van der Waals surface area contributed by atoms with Gasteiger partial charge in [0.15, 0.2) is 0 Å². The van der Waals surface area contributed by atoms with Crippen molar-refractivity contribution in [3.8, 4) is 22.4 Å². The van der Waals surface area contributed by atoms with E-state index in [9.17, 15) is 13.6 Å². The maximum Gasteiger partial charge on any atom is 0.267 e. The van der Waals surface area contributed by atoms with Gasteiger partial charge in [0, 0.05) is 28.4 Å². The Morgan fingerprint density at radius 1 is 1.08 bits per heavy atom. The molecule has 190 valence electrons. The third-order valence-electron chi connectivity index (χ3n) is 6.48. The third-order valence-corrected chi connectivity index (χ3v) is 7.79. The molecule has 1 aromatic heterocycles. The summed E-state index contributed by atoms with van der Waals surface area (Å²) in [6.45, 7) is -0.615. The van der Waals surface area contributed by atoms with Crippen LogP contribution in [0.25, 0.3) is 22.4 Å². The van der Waals surface area contributed by atoms with Crippen LogP contribution in [0.15, 0.2) is 77.4 Å². The Balaban J connectivity index is 1.28. The molecular weight excluding hydrogens is 583 g/mol. The van der Waals surface area contributed by atoms with Crippen LogP contribution in [0.5, 0.6) is 0 Å². The lowest BCUT2D eigenvalue weighted by Crippen LogP contribution is -2.33. The first-order chi connectivity index (χ1) is 17.7. The molecule has 0 bridgehead atoms. The van der Waals surface area contributed by atoms with Crippen molar-refractivity contribution >= 4 is 45.0 Å². The summed E-state index contributed by atoms with van der Waals surface area (Å²) in [4.78, 5) is 21.8. The van der Waals surface area contributed by atoms with Gasteiger partial charge in [-0.05, 0) is 35.7 Å². The molecule has 4 aromatic rings. The van der Waals surface area contributed by atoms with E-state index in [4.69, 9.17) is 23.2 Å². The maximum absolute atomic E-state index is 14.4. The minimum Gasteiger partial charge on any atom is -0.340 e. The number of rotatable bonds is 6. The number of halogens is 5. The number of carbonyl (C=O) groups is 1. The van der Waals surface area contributed by atoms with Crippen LogP contribution in [0.3, 0.4) is 0 Å². The Labute approximate surface area is 231 Å². The molecule has 2 heterocycles. The van der Waals surface area contributed by atoms with Crippen LogP contribution in [0.4, 0.5) is 8.78 Å². The van der Waals surface area contributed by atoms with Crippen molar-refractivity contribution in [2.75, 3.05) is 6.54 Å². The number of aryl methyl sites for hydroxylation is 1. The van der Waals surface area contributed by atoms with Crippen LogP contribution in [0, 0.1) is 0 Å². The molecule has 0 saturated carbocycles. The molecule has 1 atom stereocenters. The number of hydrogen-bond donors (Lipinski definition) is 1. The number of imidazole rings is 1. The van der Waals surface area contributed by atoms with E-state index < -0.39 is 24.9 Å². The number of alkyl halides is 2. The molecule has 4 nitrogen and oxygen atoms in total. The summed E-state index contributed by atoms with van der Waals surface area (Å²) in [5.41, 5.74) is 4.23. The minimum atomic E-state index is -2.97.